The lowest BCUT2D eigenvalue weighted by molar-refractivity contribution is 0.102. The minimum Gasteiger partial charge on any atom is -0.296 e. The Hall–Kier alpha value is -3.58. The van der Waals surface area contributed by atoms with Crippen molar-refractivity contribution in [2.45, 2.75) is 19.9 Å². The molecule has 0 radical (unpaired) electrons. The van der Waals surface area contributed by atoms with Gasteiger partial charge in [-0.05, 0) is 24.1 Å². The first-order chi connectivity index (χ1) is 14.6. The fourth-order valence-corrected chi connectivity index (χ4v) is 3.91. The normalized spacial score (nSPS) is 10.7. The topological polar surface area (TPSA) is 76.9 Å². The van der Waals surface area contributed by atoms with Crippen molar-refractivity contribution >= 4 is 22.4 Å². The first-order valence-corrected chi connectivity index (χ1v) is 10.3. The van der Waals surface area contributed by atoms with Gasteiger partial charge in [-0.3, -0.25) is 14.9 Å². The van der Waals surface area contributed by atoms with Crippen LogP contribution in [-0.4, -0.2) is 20.7 Å². The zero-order valence-electron chi connectivity index (χ0n) is 16.4. The van der Waals surface area contributed by atoms with Gasteiger partial charge in [0.25, 0.3) is 11.5 Å². The third-order valence-electron chi connectivity index (χ3n) is 4.51. The molecule has 0 unspecified atom stereocenters. The Morgan fingerprint density at radius 3 is 2.63 bits per heavy atom. The molecule has 2 aromatic heterocycles. The number of hydrogen-bond acceptors (Lipinski definition) is 5. The Bertz CT molecular complexity index is 1230. The molecule has 2 heterocycles. The third kappa shape index (κ3) is 4.87. The van der Waals surface area contributed by atoms with Gasteiger partial charge in [0.1, 0.15) is 5.69 Å². The molecule has 0 saturated heterocycles. The summed E-state index contributed by atoms with van der Waals surface area (Å²) in [6.07, 6.45) is 2.53. The van der Waals surface area contributed by atoms with E-state index < -0.39 is 5.91 Å². The van der Waals surface area contributed by atoms with Gasteiger partial charge in [0.2, 0.25) is 0 Å². The lowest BCUT2D eigenvalue weighted by Crippen LogP contribution is -2.26. The number of carbonyl (C=O) groups is 1. The maximum absolute atomic E-state index is 12.6. The van der Waals surface area contributed by atoms with Crippen LogP contribution in [-0.2, 0) is 13.0 Å². The summed E-state index contributed by atoms with van der Waals surface area (Å²) in [6, 6.07) is 20.6. The monoisotopic (exact) mass is 416 g/mol. The number of nitrogens with one attached hydrogen (secondary N) is 1. The van der Waals surface area contributed by atoms with Gasteiger partial charge in [0, 0.05) is 23.6 Å². The summed E-state index contributed by atoms with van der Waals surface area (Å²) in [5.41, 5.74) is 3.25. The van der Waals surface area contributed by atoms with Crippen molar-refractivity contribution in [1.29, 1.82) is 0 Å². The molecule has 2 aromatic carbocycles. The zero-order chi connectivity index (χ0) is 20.9. The predicted octanol–water partition coefficient (Wildman–Crippen LogP) is 3.90. The van der Waals surface area contributed by atoms with E-state index in [4.69, 9.17) is 0 Å². The van der Waals surface area contributed by atoms with Gasteiger partial charge in [0.05, 0.1) is 6.54 Å². The fourth-order valence-electron chi connectivity index (χ4n) is 3.07. The van der Waals surface area contributed by atoms with E-state index in [-0.39, 0.29) is 11.3 Å². The van der Waals surface area contributed by atoms with E-state index in [0.717, 1.165) is 16.9 Å². The molecule has 0 bridgehead atoms. The van der Waals surface area contributed by atoms with Crippen LogP contribution >= 0.6 is 11.3 Å². The average molecular weight is 417 g/mol. The summed E-state index contributed by atoms with van der Waals surface area (Å²) in [5, 5.41) is 7.50. The van der Waals surface area contributed by atoms with Gasteiger partial charge >= 0.3 is 0 Å². The second-order valence-electron chi connectivity index (χ2n) is 6.95. The molecule has 7 heteroatoms. The summed E-state index contributed by atoms with van der Waals surface area (Å²) in [6.45, 7) is 2.37. The van der Waals surface area contributed by atoms with Crippen molar-refractivity contribution in [3.05, 3.63) is 111 Å². The average Bonchev–Trinajstić information content (AvgIpc) is 3.17. The van der Waals surface area contributed by atoms with Crippen LogP contribution < -0.4 is 10.9 Å². The van der Waals surface area contributed by atoms with Crippen LogP contribution in [0.3, 0.4) is 0 Å². The van der Waals surface area contributed by atoms with Gasteiger partial charge in [-0.1, -0.05) is 60.2 Å². The van der Waals surface area contributed by atoms with Gasteiger partial charge in [-0.15, -0.1) is 11.3 Å². The van der Waals surface area contributed by atoms with Crippen molar-refractivity contribution in [3.63, 3.8) is 0 Å². The minimum absolute atomic E-state index is 0.168. The van der Waals surface area contributed by atoms with Crippen LogP contribution in [0.25, 0.3) is 0 Å². The highest BCUT2D eigenvalue weighted by molar-refractivity contribution is 7.15. The largest absolute Gasteiger partial charge is 0.296 e. The number of anilines is 1. The Morgan fingerprint density at radius 1 is 1.03 bits per heavy atom. The Balaban J connectivity index is 1.46. The maximum Gasteiger partial charge on any atom is 0.277 e. The lowest BCUT2D eigenvalue weighted by Gasteiger charge is -2.07. The van der Waals surface area contributed by atoms with Gasteiger partial charge in [-0.25, -0.2) is 9.67 Å². The molecule has 0 aliphatic heterocycles. The molecule has 1 N–H and O–H groups in total. The van der Waals surface area contributed by atoms with Crippen LogP contribution in [0.5, 0.6) is 0 Å². The number of nitrogens with zero attached hydrogens (tertiary/aromatic N) is 3. The van der Waals surface area contributed by atoms with Gasteiger partial charge in [0.15, 0.2) is 5.13 Å². The SMILES string of the molecule is Cc1cccc(Cc2cnc(NC(=O)c3ccc(=O)n(Cc4ccccc4)n3)s2)c1. The molecule has 30 heavy (non-hydrogen) atoms. The number of carbonyl (C=O) groups excluding carboxylic acids is 1. The summed E-state index contributed by atoms with van der Waals surface area (Å²) in [5.74, 6) is -0.395. The molecule has 4 rings (SSSR count). The minimum atomic E-state index is -0.395. The van der Waals surface area contributed by atoms with Gasteiger partial charge in [-0.2, -0.15) is 5.10 Å². The number of benzene rings is 2. The van der Waals surface area contributed by atoms with E-state index in [1.807, 2.05) is 36.4 Å². The standard InChI is InChI=1S/C23H20N4O2S/c1-16-6-5-9-18(12-16)13-19-14-24-23(30-19)25-22(29)20-10-11-21(28)27(26-20)15-17-7-3-2-4-8-17/h2-12,14H,13,15H2,1H3,(H,24,25,29). The smallest absolute Gasteiger partial charge is 0.277 e. The van der Waals surface area contributed by atoms with Crippen molar-refractivity contribution in [2.75, 3.05) is 5.32 Å². The van der Waals surface area contributed by atoms with E-state index in [0.29, 0.717) is 11.7 Å². The van der Waals surface area contributed by atoms with E-state index in [9.17, 15) is 9.59 Å². The number of hydrogen-bond donors (Lipinski definition) is 1. The highest BCUT2D eigenvalue weighted by atomic mass is 32.1. The summed E-state index contributed by atoms with van der Waals surface area (Å²) < 4.78 is 1.29. The second kappa shape index (κ2) is 8.84. The molecule has 0 aliphatic rings. The Morgan fingerprint density at radius 2 is 1.83 bits per heavy atom. The lowest BCUT2D eigenvalue weighted by atomic mass is 10.1. The molecule has 150 valence electrons. The summed E-state index contributed by atoms with van der Waals surface area (Å²) >= 11 is 1.43. The molecule has 0 aliphatic carbocycles. The van der Waals surface area contributed by atoms with Crippen LogP contribution in [0.15, 0.2) is 77.7 Å². The molecule has 0 fully saturated rings. The molecular formula is C23H20N4O2S. The van der Waals surface area contributed by atoms with Crippen molar-refractivity contribution < 1.29 is 4.79 Å². The zero-order valence-corrected chi connectivity index (χ0v) is 17.2. The fraction of sp³-hybridized carbons (Fsp3) is 0.130. The number of rotatable bonds is 6. The molecule has 0 saturated carbocycles. The molecule has 0 spiro atoms. The quantitative estimate of drug-likeness (QED) is 0.517. The van der Waals surface area contributed by atoms with E-state index in [2.05, 4.69) is 40.5 Å². The van der Waals surface area contributed by atoms with Crippen molar-refractivity contribution in [1.82, 2.24) is 14.8 Å². The number of aryl methyl sites for hydroxylation is 1. The summed E-state index contributed by atoms with van der Waals surface area (Å²) in [4.78, 5) is 30.1. The van der Waals surface area contributed by atoms with Crippen LogP contribution in [0, 0.1) is 6.92 Å². The second-order valence-corrected chi connectivity index (χ2v) is 8.07. The van der Waals surface area contributed by atoms with Crippen LogP contribution in [0.1, 0.15) is 32.1 Å². The third-order valence-corrected chi connectivity index (χ3v) is 5.42. The van der Waals surface area contributed by atoms with E-state index >= 15 is 0 Å². The molecule has 6 nitrogen and oxygen atoms in total. The first kappa shape index (κ1) is 19.7. The maximum atomic E-state index is 12.6. The first-order valence-electron chi connectivity index (χ1n) is 9.50. The Labute approximate surface area is 177 Å². The van der Waals surface area contributed by atoms with Gasteiger partial charge < -0.3 is 0 Å². The predicted molar refractivity (Wildman–Crippen MR) is 118 cm³/mol. The van der Waals surface area contributed by atoms with E-state index in [1.54, 1.807) is 6.20 Å². The molecule has 4 aromatic rings. The molecular weight excluding hydrogens is 396 g/mol. The van der Waals surface area contributed by atoms with Crippen LogP contribution in [0.4, 0.5) is 5.13 Å². The van der Waals surface area contributed by atoms with Crippen molar-refractivity contribution in [3.8, 4) is 0 Å². The molecule has 0 atom stereocenters. The summed E-state index contributed by atoms with van der Waals surface area (Å²) in [7, 11) is 0. The Kier molecular flexibility index (Phi) is 5.81. The van der Waals surface area contributed by atoms with Crippen molar-refractivity contribution in [2.24, 2.45) is 0 Å². The number of amides is 1. The number of aromatic nitrogens is 3. The number of thiazole rings is 1. The van der Waals surface area contributed by atoms with Crippen LogP contribution in [0.2, 0.25) is 0 Å². The highest BCUT2D eigenvalue weighted by Crippen LogP contribution is 2.22. The highest BCUT2D eigenvalue weighted by Gasteiger charge is 2.13. The van der Waals surface area contributed by atoms with E-state index in [1.165, 1.54) is 39.3 Å². The molecule has 1 amide bonds.